The number of ether oxygens (including phenoxy) is 2. The lowest BCUT2D eigenvalue weighted by molar-refractivity contribution is -0.161. The van der Waals surface area contributed by atoms with Crippen LogP contribution < -0.4 is 0 Å². The van der Waals surface area contributed by atoms with Crippen molar-refractivity contribution in [1.29, 1.82) is 0 Å². The number of aliphatic hydroxyl groups is 5. The van der Waals surface area contributed by atoms with Gasteiger partial charge in [0.1, 0.15) is 12.7 Å². The number of carbonyl (C=O) groups is 2. The number of esters is 2. The second kappa shape index (κ2) is 29.6. The van der Waals surface area contributed by atoms with E-state index < -0.39 is 70.1 Å². The zero-order valence-electron chi connectivity index (χ0n) is 32.5. The average Bonchev–Trinajstić information content (AvgIpc) is 3.38. The SMILES string of the molecule is CCCCC[C@H](O)/C=C/[C@@H]1[C@@H](C/C=C/CCCC(=O)O[C@H](COC(=O)CCCCCCCCCC(C)C)COP(=O)(O)OC[C@@H](O)CO)[C@@H](O)C[C@H]1O. The fourth-order valence-corrected chi connectivity index (χ4v) is 6.96. The molecular formula is C39H71O13P. The van der Waals surface area contributed by atoms with Crippen LogP contribution in [-0.4, -0.2) is 99.3 Å². The van der Waals surface area contributed by atoms with Gasteiger partial charge in [0.05, 0.1) is 38.1 Å². The van der Waals surface area contributed by atoms with Crippen molar-refractivity contribution < 1.29 is 63.1 Å². The Morgan fingerprint density at radius 2 is 1.45 bits per heavy atom. The van der Waals surface area contributed by atoms with Gasteiger partial charge in [-0.05, 0) is 43.9 Å². The molecule has 0 bridgehead atoms. The highest BCUT2D eigenvalue weighted by Crippen LogP contribution is 2.43. The number of carbonyl (C=O) groups excluding carboxylic acids is 2. The molecule has 53 heavy (non-hydrogen) atoms. The molecule has 0 amide bonds. The standard InChI is InChI=1S/C39H71O13P/c1-4-5-13-19-31(41)23-24-35-34(36(43)25-37(35)44)20-15-11-12-17-22-39(46)52-33(29-51-53(47,48)50-27-32(42)26-40)28-49-38(45)21-16-10-8-6-7-9-14-18-30(2)3/h11,15,23-24,30-37,40-44H,4-10,12-14,16-22,25-29H2,1-3H3,(H,47,48)/b15-11+,24-23+/t31-,32-,33+,34+,35+,36-,37+/m0/s1. The summed E-state index contributed by atoms with van der Waals surface area (Å²) in [6, 6.07) is 0. The van der Waals surface area contributed by atoms with Crippen LogP contribution in [0.1, 0.15) is 136 Å². The minimum atomic E-state index is -4.68. The first-order valence-corrected chi connectivity index (χ1v) is 21.4. The van der Waals surface area contributed by atoms with E-state index >= 15 is 0 Å². The van der Waals surface area contributed by atoms with Crippen LogP contribution in [0.2, 0.25) is 0 Å². The smallest absolute Gasteiger partial charge is 0.462 e. The molecule has 14 heteroatoms. The number of phosphoric acid groups is 1. The van der Waals surface area contributed by atoms with Gasteiger partial charge < -0.3 is 39.9 Å². The Morgan fingerprint density at radius 3 is 2.13 bits per heavy atom. The number of unbranched alkanes of at least 4 members (excludes halogenated alkanes) is 9. The highest BCUT2D eigenvalue weighted by Gasteiger charge is 2.39. The molecule has 0 heterocycles. The molecule has 1 aliphatic rings. The number of allylic oxidation sites excluding steroid dienone is 2. The summed E-state index contributed by atoms with van der Waals surface area (Å²) < 4.78 is 32.5. The second-order valence-corrected chi connectivity index (χ2v) is 16.2. The molecule has 1 rings (SSSR count). The second-order valence-electron chi connectivity index (χ2n) is 14.8. The molecule has 1 aliphatic carbocycles. The number of hydrogen-bond donors (Lipinski definition) is 6. The minimum absolute atomic E-state index is 0.00822. The normalized spacial score (nSPS) is 22.0. The first kappa shape index (κ1) is 49.3. The maximum Gasteiger partial charge on any atom is 0.472 e. The van der Waals surface area contributed by atoms with E-state index in [0.717, 1.165) is 44.4 Å². The maximum absolute atomic E-state index is 12.7. The summed E-state index contributed by atoms with van der Waals surface area (Å²) in [5.41, 5.74) is 0. The van der Waals surface area contributed by atoms with E-state index in [1.165, 1.54) is 25.7 Å². The maximum atomic E-state index is 12.7. The molecule has 310 valence electrons. The average molecular weight is 779 g/mol. The van der Waals surface area contributed by atoms with Crippen LogP contribution in [0.3, 0.4) is 0 Å². The van der Waals surface area contributed by atoms with E-state index in [1.54, 1.807) is 6.08 Å². The summed E-state index contributed by atoms with van der Waals surface area (Å²) in [6.07, 6.45) is 17.0. The Kier molecular flexibility index (Phi) is 27.6. The van der Waals surface area contributed by atoms with Crippen molar-refractivity contribution in [2.45, 2.75) is 167 Å². The third-order valence-electron chi connectivity index (χ3n) is 9.36. The van der Waals surface area contributed by atoms with E-state index in [4.69, 9.17) is 19.1 Å². The summed E-state index contributed by atoms with van der Waals surface area (Å²) in [7, 11) is -4.68. The van der Waals surface area contributed by atoms with Crippen molar-refractivity contribution in [3.05, 3.63) is 24.3 Å². The predicted octanol–water partition coefficient (Wildman–Crippen LogP) is 6.07. The third-order valence-corrected chi connectivity index (χ3v) is 10.3. The molecule has 0 aliphatic heterocycles. The number of hydrogen-bond acceptors (Lipinski definition) is 12. The summed E-state index contributed by atoms with van der Waals surface area (Å²) in [5.74, 6) is -0.855. The first-order valence-electron chi connectivity index (χ1n) is 19.9. The van der Waals surface area contributed by atoms with Crippen LogP contribution in [0.15, 0.2) is 24.3 Å². The van der Waals surface area contributed by atoms with E-state index in [0.29, 0.717) is 32.1 Å². The van der Waals surface area contributed by atoms with Crippen molar-refractivity contribution in [1.82, 2.24) is 0 Å². The lowest BCUT2D eigenvalue weighted by Crippen LogP contribution is -2.29. The van der Waals surface area contributed by atoms with Gasteiger partial charge in [-0.2, -0.15) is 0 Å². The Hall–Kier alpha value is -1.67. The van der Waals surface area contributed by atoms with Crippen molar-refractivity contribution in [2.24, 2.45) is 17.8 Å². The molecule has 0 aromatic carbocycles. The minimum Gasteiger partial charge on any atom is -0.462 e. The van der Waals surface area contributed by atoms with Crippen molar-refractivity contribution in [3.8, 4) is 0 Å². The van der Waals surface area contributed by atoms with Gasteiger partial charge in [0, 0.05) is 25.2 Å². The lowest BCUT2D eigenvalue weighted by Gasteiger charge is -2.20. The quantitative estimate of drug-likeness (QED) is 0.0199. The number of rotatable bonds is 32. The molecule has 13 nitrogen and oxygen atoms in total. The van der Waals surface area contributed by atoms with Gasteiger partial charge in [-0.1, -0.05) is 109 Å². The van der Waals surface area contributed by atoms with Gasteiger partial charge in [-0.15, -0.1) is 0 Å². The Morgan fingerprint density at radius 1 is 0.811 bits per heavy atom. The van der Waals surface area contributed by atoms with Gasteiger partial charge >= 0.3 is 19.8 Å². The van der Waals surface area contributed by atoms with E-state index in [2.05, 4.69) is 25.3 Å². The van der Waals surface area contributed by atoms with Gasteiger partial charge in [-0.25, -0.2) is 4.57 Å². The summed E-state index contributed by atoms with van der Waals surface area (Å²) in [4.78, 5) is 35.0. The largest absolute Gasteiger partial charge is 0.472 e. The molecule has 0 aromatic heterocycles. The Labute approximate surface area is 317 Å². The zero-order chi connectivity index (χ0) is 39.5. The number of aliphatic hydroxyl groups excluding tert-OH is 5. The van der Waals surface area contributed by atoms with Crippen LogP contribution in [0.5, 0.6) is 0 Å². The van der Waals surface area contributed by atoms with Crippen LogP contribution in [0.4, 0.5) is 0 Å². The van der Waals surface area contributed by atoms with Gasteiger partial charge in [0.15, 0.2) is 6.10 Å². The van der Waals surface area contributed by atoms with Crippen LogP contribution in [-0.2, 0) is 32.7 Å². The Balaban J connectivity index is 2.55. The zero-order valence-corrected chi connectivity index (χ0v) is 33.4. The van der Waals surface area contributed by atoms with Crippen molar-refractivity contribution in [3.63, 3.8) is 0 Å². The molecular weight excluding hydrogens is 707 g/mol. The van der Waals surface area contributed by atoms with E-state index in [9.17, 15) is 39.5 Å². The van der Waals surface area contributed by atoms with Crippen molar-refractivity contribution >= 4 is 19.8 Å². The van der Waals surface area contributed by atoms with Gasteiger partial charge in [0.25, 0.3) is 0 Å². The fourth-order valence-electron chi connectivity index (χ4n) is 6.17. The van der Waals surface area contributed by atoms with E-state index in [1.807, 2.05) is 18.2 Å². The molecule has 0 saturated heterocycles. The summed E-state index contributed by atoms with van der Waals surface area (Å²) >= 11 is 0. The fraction of sp³-hybridized carbons (Fsp3) is 0.846. The molecule has 0 spiro atoms. The van der Waals surface area contributed by atoms with Crippen LogP contribution in [0.25, 0.3) is 0 Å². The Bertz CT molecular complexity index is 1070. The molecule has 0 radical (unpaired) electrons. The highest BCUT2D eigenvalue weighted by molar-refractivity contribution is 7.47. The molecule has 8 atom stereocenters. The summed E-state index contributed by atoms with van der Waals surface area (Å²) in [5, 5.41) is 49.6. The van der Waals surface area contributed by atoms with Gasteiger partial charge in [-0.3, -0.25) is 18.6 Å². The summed E-state index contributed by atoms with van der Waals surface area (Å²) in [6.45, 7) is 4.21. The molecule has 0 aromatic rings. The molecule has 6 N–H and O–H groups in total. The molecule has 1 fully saturated rings. The lowest BCUT2D eigenvalue weighted by atomic mass is 9.89. The predicted molar refractivity (Wildman–Crippen MR) is 203 cm³/mol. The van der Waals surface area contributed by atoms with E-state index in [-0.39, 0.29) is 37.7 Å². The van der Waals surface area contributed by atoms with Gasteiger partial charge in [0.2, 0.25) is 0 Å². The topological polar surface area (TPSA) is 210 Å². The van der Waals surface area contributed by atoms with Crippen LogP contribution in [0, 0.1) is 17.8 Å². The monoisotopic (exact) mass is 778 g/mol. The third kappa shape index (κ3) is 25.2. The molecule has 1 unspecified atom stereocenters. The van der Waals surface area contributed by atoms with Crippen LogP contribution >= 0.6 is 7.82 Å². The van der Waals surface area contributed by atoms with Crippen molar-refractivity contribution in [2.75, 3.05) is 26.4 Å². The number of phosphoric ester groups is 1. The first-order chi connectivity index (χ1) is 25.3. The highest BCUT2D eigenvalue weighted by atomic mass is 31.2. The molecule has 1 saturated carbocycles.